The molecule has 0 amide bonds. The minimum Gasteiger partial charge on any atom is -0.379 e. The minimum absolute atomic E-state index is 0.467. The highest BCUT2D eigenvalue weighted by Crippen LogP contribution is 2.39. The first-order valence-corrected chi connectivity index (χ1v) is 11.0. The topological polar surface area (TPSA) is 12.0 Å². The summed E-state index contributed by atoms with van der Waals surface area (Å²) in [5, 5.41) is 3.83. The quantitative estimate of drug-likeness (QED) is 0.562. The van der Waals surface area contributed by atoms with Crippen molar-refractivity contribution >= 4 is 0 Å². The Hall–Kier alpha value is -1.50. The van der Waals surface area contributed by atoms with Crippen molar-refractivity contribution in [2.45, 2.75) is 77.2 Å². The molecule has 0 aromatic heterocycles. The van der Waals surface area contributed by atoms with Crippen molar-refractivity contribution in [3.05, 3.63) is 59.4 Å². The summed E-state index contributed by atoms with van der Waals surface area (Å²) in [6, 6.07) is 0.467. The highest BCUT2D eigenvalue weighted by Gasteiger charge is 2.28. The van der Waals surface area contributed by atoms with E-state index in [2.05, 4.69) is 54.8 Å². The van der Waals surface area contributed by atoms with Gasteiger partial charge in [0.15, 0.2) is 0 Å². The Balaban J connectivity index is 1.47. The molecule has 4 rings (SSSR count). The molecule has 4 aliphatic carbocycles. The van der Waals surface area contributed by atoms with Crippen LogP contribution in [0.5, 0.6) is 0 Å². The Morgan fingerprint density at radius 3 is 2.58 bits per heavy atom. The van der Waals surface area contributed by atoms with E-state index in [1.807, 2.05) is 0 Å². The second kappa shape index (κ2) is 8.46. The van der Waals surface area contributed by atoms with Crippen molar-refractivity contribution in [1.29, 1.82) is 0 Å². The number of rotatable bonds is 4. The van der Waals surface area contributed by atoms with E-state index in [9.17, 15) is 0 Å². The van der Waals surface area contributed by atoms with Gasteiger partial charge < -0.3 is 5.32 Å². The van der Waals surface area contributed by atoms with Crippen molar-refractivity contribution in [1.82, 2.24) is 5.32 Å². The van der Waals surface area contributed by atoms with Crippen LogP contribution in [-0.2, 0) is 0 Å². The average Bonchev–Trinajstić information content (AvgIpc) is 2.70. The zero-order valence-corrected chi connectivity index (χ0v) is 16.4. The van der Waals surface area contributed by atoms with Crippen molar-refractivity contribution in [2.24, 2.45) is 17.8 Å². The Morgan fingerprint density at radius 2 is 1.77 bits per heavy atom. The summed E-state index contributed by atoms with van der Waals surface area (Å²) in [7, 11) is 0. The third kappa shape index (κ3) is 4.24. The van der Waals surface area contributed by atoms with Crippen LogP contribution in [0.3, 0.4) is 0 Å². The summed E-state index contributed by atoms with van der Waals surface area (Å²) < 4.78 is 0. The number of allylic oxidation sites excluding steroid dienone is 7. The van der Waals surface area contributed by atoms with Gasteiger partial charge in [-0.1, -0.05) is 61.8 Å². The molecule has 1 N–H and O–H groups in total. The van der Waals surface area contributed by atoms with E-state index in [4.69, 9.17) is 0 Å². The standard InChI is InChI=1S/C25H35N/c1-19-14-16-20(17-15-19)21-8-7-9-22(18-21)24-12-5-6-13-25(24)26-23-10-3-2-4-11-23/h3,6,8,10-11,13,18-20,24-26H,2,4-5,7,9,12,14-17H2,1H3. The second-order valence-electron chi connectivity index (χ2n) is 8.84. The second-order valence-corrected chi connectivity index (χ2v) is 8.84. The summed E-state index contributed by atoms with van der Waals surface area (Å²) in [5.41, 5.74) is 4.71. The minimum atomic E-state index is 0.467. The van der Waals surface area contributed by atoms with Crippen molar-refractivity contribution < 1.29 is 0 Å². The average molecular weight is 350 g/mol. The van der Waals surface area contributed by atoms with E-state index in [0.29, 0.717) is 12.0 Å². The fraction of sp³-hybridized carbons (Fsp3) is 0.600. The molecule has 2 atom stereocenters. The van der Waals surface area contributed by atoms with Crippen LogP contribution in [-0.4, -0.2) is 6.04 Å². The molecule has 2 unspecified atom stereocenters. The highest BCUT2D eigenvalue weighted by atomic mass is 14.9. The molecule has 0 aliphatic heterocycles. The van der Waals surface area contributed by atoms with Crippen LogP contribution >= 0.6 is 0 Å². The van der Waals surface area contributed by atoms with E-state index in [0.717, 1.165) is 11.8 Å². The lowest BCUT2D eigenvalue weighted by atomic mass is 9.74. The zero-order chi connectivity index (χ0) is 17.8. The van der Waals surface area contributed by atoms with Crippen LogP contribution in [0, 0.1) is 17.8 Å². The van der Waals surface area contributed by atoms with Gasteiger partial charge in [-0.3, -0.25) is 0 Å². The van der Waals surface area contributed by atoms with Crippen molar-refractivity contribution in [3.63, 3.8) is 0 Å². The van der Waals surface area contributed by atoms with E-state index in [1.54, 1.807) is 11.1 Å². The number of hydrogen-bond acceptors (Lipinski definition) is 1. The normalized spacial score (nSPS) is 34.7. The first-order chi connectivity index (χ1) is 12.8. The zero-order valence-electron chi connectivity index (χ0n) is 16.4. The lowest BCUT2D eigenvalue weighted by Gasteiger charge is -2.35. The Bertz CT molecular complexity index is 637. The molecule has 1 heteroatoms. The van der Waals surface area contributed by atoms with E-state index in [-0.39, 0.29) is 0 Å². The predicted molar refractivity (Wildman–Crippen MR) is 112 cm³/mol. The third-order valence-electron chi connectivity index (χ3n) is 6.88. The van der Waals surface area contributed by atoms with Crippen molar-refractivity contribution in [2.75, 3.05) is 0 Å². The molecule has 0 radical (unpaired) electrons. The van der Waals surface area contributed by atoms with Gasteiger partial charge in [0, 0.05) is 11.6 Å². The van der Waals surface area contributed by atoms with Gasteiger partial charge >= 0.3 is 0 Å². The van der Waals surface area contributed by atoms with Crippen LogP contribution in [0.15, 0.2) is 59.4 Å². The Morgan fingerprint density at radius 1 is 0.885 bits per heavy atom. The van der Waals surface area contributed by atoms with Gasteiger partial charge in [0.05, 0.1) is 6.04 Å². The van der Waals surface area contributed by atoms with Gasteiger partial charge in [0.1, 0.15) is 0 Å². The maximum atomic E-state index is 3.83. The predicted octanol–water partition coefficient (Wildman–Crippen LogP) is 6.62. The Labute approximate surface area is 160 Å². The molecule has 0 aromatic rings. The molecule has 0 bridgehead atoms. The first kappa shape index (κ1) is 17.9. The fourth-order valence-corrected chi connectivity index (χ4v) is 5.23. The molecule has 26 heavy (non-hydrogen) atoms. The highest BCUT2D eigenvalue weighted by molar-refractivity contribution is 5.34. The molecule has 140 valence electrons. The SMILES string of the molecule is CC1CCC(C2=CCCC(C3CCC=CC3NC3=CCCC=C3)=C2)CC1. The van der Waals surface area contributed by atoms with Crippen LogP contribution in [0.2, 0.25) is 0 Å². The van der Waals surface area contributed by atoms with E-state index >= 15 is 0 Å². The molecule has 0 saturated heterocycles. The van der Waals surface area contributed by atoms with E-state index in [1.165, 1.54) is 69.9 Å². The van der Waals surface area contributed by atoms with Crippen LogP contribution in [0.25, 0.3) is 0 Å². The fourth-order valence-electron chi connectivity index (χ4n) is 5.23. The van der Waals surface area contributed by atoms with Gasteiger partial charge in [-0.05, 0) is 74.9 Å². The van der Waals surface area contributed by atoms with Gasteiger partial charge in [-0.15, -0.1) is 0 Å². The maximum absolute atomic E-state index is 3.83. The summed E-state index contributed by atoms with van der Waals surface area (Å²) in [4.78, 5) is 0. The molecule has 1 nitrogen and oxygen atoms in total. The first-order valence-electron chi connectivity index (χ1n) is 11.0. The van der Waals surface area contributed by atoms with Crippen LogP contribution in [0.4, 0.5) is 0 Å². The largest absolute Gasteiger partial charge is 0.379 e. The lowest BCUT2D eigenvalue weighted by molar-refractivity contribution is 0.321. The molecule has 0 spiro atoms. The smallest absolute Gasteiger partial charge is 0.0509 e. The molecule has 4 aliphatic rings. The number of hydrogen-bond donors (Lipinski definition) is 1. The molecule has 0 heterocycles. The molecule has 1 fully saturated rings. The van der Waals surface area contributed by atoms with Gasteiger partial charge in [-0.2, -0.15) is 0 Å². The van der Waals surface area contributed by atoms with Gasteiger partial charge in [0.2, 0.25) is 0 Å². The molecular formula is C25H35N. The summed E-state index contributed by atoms with van der Waals surface area (Å²) >= 11 is 0. The third-order valence-corrected chi connectivity index (χ3v) is 6.88. The van der Waals surface area contributed by atoms with Gasteiger partial charge in [-0.25, -0.2) is 0 Å². The monoisotopic (exact) mass is 349 g/mol. The lowest BCUT2D eigenvalue weighted by Crippen LogP contribution is -2.37. The summed E-state index contributed by atoms with van der Waals surface area (Å²) in [6.45, 7) is 2.42. The summed E-state index contributed by atoms with van der Waals surface area (Å²) in [6.07, 6.45) is 30.0. The van der Waals surface area contributed by atoms with Gasteiger partial charge in [0.25, 0.3) is 0 Å². The van der Waals surface area contributed by atoms with E-state index < -0.39 is 0 Å². The van der Waals surface area contributed by atoms with Crippen LogP contribution in [0.1, 0.15) is 71.1 Å². The molecular weight excluding hydrogens is 314 g/mol. The Kier molecular flexibility index (Phi) is 5.82. The van der Waals surface area contributed by atoms with Crippen LogP contribution < -0.4 is 5.32 Å². The molecule has 0 aromatic carbocycles. The number of nitrogens with one attached hydrogen (secondary N) is 1. The van der Waals surface area contributed by atoms with Crippen molar-refractivity contribution in [3.8, 4) is 0 Å². The maximum Gasteiger partial charge on any atom is 0.0509 e. The summed E-state index contributed by atoms with van der Waals surface area (Å²) in [5.74, 6) is 2.44. The molecule has 1 saturated carbocycles.